The highest BCUT2D eigenvalue weighted by molar-refractivity contribution is 5.70. The van der Waals surface area contributed by atoms with Crippen molar-refractivity contribution in [2.24, 2.45) is 0 Å². The molecule has 0 spiro atoms. The van der Waals surface area contributed by atoms with Gasteiger partial charge in [-0.1, -0.05) is 18.2 Å². The van der Waals surface area contributed by atoms with Gasteiger partial charge in [-0.25, -0.2) is 0 Å². The Bertz CT molecular complexity index is 940. The molecule has 6 heteroatoms. The zero-order valence-electron chi connectivity index (χ0n) is 15.6. The number of H-pyrrole nitrogens is 1. The standard InChI is InChI=1S/C21H25N5O/c1-2-25(18-6-4-3-5-7-18)20-12-16(13-23-21(20)27)17-14-24-26(15-17)19-8-10-22-11-9-19/h3-7,12-15,19,22H,2,8-11H2,1H3,(H,23,27). The first-order chi connectivity index (χ1) is 13.3. The molecule has 0 radical (unpaired) electrons. The second-order valence-electron chi connectivity index (χ2n) is 6.87. The molecule has 140 valence electrons. The molecule has 0 saturated carbocycles. The highest BCUT2D eigenvalue weighted by Crippen LogP contribution is 2.27. The average molecular weight is 363 g/mol. The van der Waals surface area contributed by atoms with Crippen molar-refractivity contribution in [3.63, 3.8) is 0 Å². The summed E-state index contributed by atoms with van der Waals surface area (Å²) < 4.78 is 2.07. The van der Waals surface area contributed by atoms with Gasteiger partial charge in [-0.15, -0.1) is 0 Å². The zero-order valence-corrected chi connectivity index (χ0v) is 15.6. The first kappa shape index (κ1) is 17.5. The molecule has 0 unspecified atom stereocenters. The van der Waals surface area contributed by atoms with E-state index in [0.717, 1.165) is 42.7 Å². The minimum Gasteiger partial charge on any atom is -0.337 e. The Morgan fingerprint density at radius 3 is 2.70 bits per heavy atom. The Kier molecular flexibility index (Phi) is 5.07. The van der Waals surface area contributed by atoms with Crippen molar-refractivity contribution in [1.82, 2.24) is 20.1 Å². The fraction of sp³-hybridized carbons (Fsp3) is 0.333. The van der Waals surface area contributed by atoms with Crippen LogP contribution >= 0.6 is 0 Å². The molecule has 0 atom stereocenters. The summed E-state index contributed by atoms with van der Waals surface area (Å²) >= 11 is 0. The number of hydrogen-bond donors (Lipinski definition) is 2. The minimum atomic E-state index is -0.0878. The van der Waals surface area contributed by atoms with E-state index in [1.807, 2.05) is 54.4 Å². The number of para-hydroxylation sites is 1. The lowest BCUT2D eigenvalue weighted by molar-refractivity contribution is 0.343. The van der Waals surface area contributed by atoms with E-state index in [0.29, 0.717) is 18.3 Å². The lowest BCUT2D eigenvalue weighted by atomic mass is 10.1. The lowest BCUT2D eigenvalue weighted by Gasteiger charge is -2.23. The molecule has 6 nitrogen and oxygen atoms in total. The van der Waals surface area contributed by atoms with E-state index >= 15 is 0 Å². The van der Waals surface area contributed by atoms with Crippen molar-refractivity contribution in [3.8, 4) is 11.1 Å². The molecule has 3 heterocycles. The van der Waals surface area contributed by atoms with Crippen LogP contribution in [0.25, 0.3) is 11.1 Å². The molecule has 1 aliphatic heterocycles. The van der Waals surface area contributed by atoms with Gasteiger partial charge in [0.25, 0.3) is 5.56 Å². The number of aromatic amines is 1. The quantitative estimate of drug-likeness (QED) is 0.730. The van der Waals surface area contributed by atoms with Gasteiger partial charge in [0.1, 0.15) is 5.69 Å². The predicted molar refractivity (Wildman–Crippen MR) is 109 cm³/mol. The fourth-order valence-corrected chi connectivity index (χ4v) is 3.70. The third-order valence-corrected chi connectivity index (χ3v) is 5.18. The second-order valence-corrected chi connectivity index (χ2v) is 6.87. The van der Waals surface area contributed by atoms with Gasteiger partial charge < -0.3 is 15.2 Å². The van der Waals surface area contributed by atoms with Gasteiger partial charge >= 0.3 is 0 Å². The molecule has 0 bridgehead atoms. The molecule has 4 rings (SSSR count). The summed E-state index contributed by atoms with van der Waals surface area (Å²) in [6.07, 6.45) is 7.93. The number of benzene rings is 1. The number of pyridine rings is 1. The van der Waals surface area contributed by atoms with E-state index in [2.05, 4.69) is 26.3 Å². The molecular formula is C21H25N5O. The highest BCUT2D eigenvalue weighted by atomic mass is 16.1. The van der Waals surface area contributed by atoms with Crippen LogP contribution in [0.5, 0.6) is 0 Å². The summed E-state index contributed by atoms with van der Waals surface area (Å²) in [4.78, 5) is 17.4. The lowest BCUT2D eigenvalue weighted by Crippen LogP contribution is -2.29. The number of rotatable bonds is 5. The van der Waals surface area contributed by atoms with Crippen LogP contribution in [0.4, 0.5) is 11.4 Å². The third kappa shape index (κ3) is 3.66. The number of aromatic nitrogens is 3. The highest BCUT2D eigenvalue weighted by Gasteiger charge is 2.17. The summed E-state index contributed by atoms with van der Waals surface area (Å²) in [5.41, 5.74) is 3.56. The number of nitrogens with zero attached hydrogens (tertiary/aromatic N) is 3. The van der Waals surface area contributed by atoms with Crippen molar-refractivity contribution in [2.45, 2.75) is 25.8 Å². The van der Waals surface area contributed by atoms with Gasteiger partial charge in [0.05, 0.1) is 12.2 Å². The molecule has 1 aliphatic rings. The van der Waals surface area contributed by atoms with E-state index in [9.17, 15) is 4.79 Å². The van der Waals surface area contributed by atoms with Crippen LogP contribution < -0.4 is 15.8 Å². The van der Waals surface area contributed by atoms with Gasteiger partial charge in [-0.3, -0.25) is 9.48 Å². The van der Waals surface area contributed by atoms with Crippen molar-refractivity contribution >= 4 is 11.4 Å². The topological polar surface area (TPSA) is 66.0 Å². The van der Waals surface area contributed by atoms with Crippen molar-refractivity contribution < 1.29 is 0 Å². The first-order valence-corrected chi connectivity index (χ1v) is 9.57. The van der Waals surface area contributed by atoms with Gasteiger partial charge in [-0.2, -0.15) is 5.10 Å². The van der Waals surface area contributed by atoms with E-state index in [1.165, 1.54) is 0 Å². The zero-order chi connectivity index (χ0) is 18.6. The maximum Gasteiger partial charge on any atom is 0.271 e. The summed E-state index contributed by atoms with van der Waals surface area (Å²) in [6, 6.07) is 12.4. The second kappa shape index (κ2) is 7.80. The van der Waals surface area contributed by atoms with Gasteiger partial charge in [0, 0.05) is 35.8 Å². The molecule has 0 aliphatic carbocycles. The van der Waals surface area contributed by atoms with Crippen molar-refractivity contribution in [2.75, 3.05) is 24.5 Å². The molecule has 27 heavy (non-hydrogen) atoms. The molecular weight excluding hydrogens is 338 g/mol. The summed E-state index contributed by atoms with van der Waals surface area (Å²) in [7, 11) is 0. The minimum absolute atomic E-state index is 0.0878. The Morgan fingerprint density at radius 2 is 1.96 bits per heavy atom. The Labute approximate surface area is 158 Å². The number of anilines is 2. The van der Waals surface area contributed by atoms with E-state index in [1.54, 1.807) is 6.20 Å². The molecule has 2 aromatic heterocycles. The van der Waals surface area contributed by atoms with Crippen molar-refractivity contribution in [3.05, 3.63) is 65.3 Å². The van der Waals surface area contributed by atoms with Gasteiger partial charge in [0.15, 0.2) is 0 Å². The van der Waals surface area contributed by atoms with Crippen LogP contribution in [-0.4, -0.2) is 34.4 Å². The van der Waals surface area contributed by atoms with Crippen LogP contribution in [0, 0.1) is 0 Å². The summed E-state index contributed by atoms with van der Waals surface area (Å²) in [5, 5.41) is 7.96. The Hall–Kier alpha value is -2.86. The fourth-order valence-electron chi connectivity index (χ4n) is 3.70. The molecule has 1 aromatic carbocycles. The summed E-state index contributed by atoms with van der Waals surface area (Å²) in [6.45, 7) is 4.83. The Morgan fingerprint density at radius 1 is 1.19 bits per heavy atom. The van der Waals surface area contributed by atoms with Gasteiger partial charge in [-0.05, 0) is 51.1 Å². The van der Waals surface area contributed by atoms with Crippen LogP contribution in [0.3, 0.4) is 0 Å². The van der Waals surface area contributed by atoms with E-state index in [-0.39, 0.29) is 5.56 Å². The van der Waals surface area contributed by atoms with Crippen LogP contribution in [0.1, 0.15) is 25.8 Å². The first-order valence-electron chi connectivity index (χ1n) is 9.57. The normalized spacial score (nSPS) is 15.0. The third-order valence-electron chi connectivity index (χ3n) is 5.18. The molecule has 1 fully saturated rings. The van der Waals surface area contributed by atoms with Crippen LogP contribution in [-0.2, 0) is 0 Å². The number of piperidine rings is 1. The molecule has 2 N–H and O–H groups in total. The monoisotopic (exact) mass is 363 g/mol. The molecule has 3 aromatic rings. The average Bonchev–Trinajstić information content (AvgIpc) is 3.22. The largest absolute Gasteiger partial charge is 0.337 e. The smallest absolute Gasteiger partial charge is 0.271 e. The maximum atomic E-state index is 12.5. The van der Waals surface area contributed by atoms with Crippen LogP contribution in [0.15, 0.2) is 59.8 Å². The van der Waals surface area contributed by atoms with Crippen molar-refractivity contribution in [1.29, 1.82) is 0 Å². The maximum absolute atomic E-state index is 12.5. The molecule has 0 amide bonds. The van der Waals surface area contributed by atoms with E-state index in [4.69, 9.17) is 0 Å². The Balaban J connectivity index is 1.66. The van der Waals surface area contributed by atoms with E-state index < -0.39 is 0 Å². The SMILES string of the molecule is CCN(c1ccccc1)c1cc(-c2cnn(C3CCNCC3)c2)c[nH]c1=O. The number of hydrogen-bond acceptors (Lipinski definition) is 4. The predicted octanol–water partition coefficient (Wildman–Crippen LogP) is 3.32. The number of nitrogens with one attached hydrogen (secondary N) is 2. The molecule has 1 saturated heterocycles. The van der Waals surface area contributed by atoms with Crippen LogP contribution in [0.2, 0.25) is 0 Å². The van der Waals surface area contributed by atoms with Gasteiger partial charge in [0.2, 0.25) is 0 Å². The summed E-state index contributed by atoms with van der Waals surface area (Å²) in [5.74, 6) is 0.